The number of nitrogens with two attached hydrogens (primary N) is 1. The fraction of sp³-hybridized carbons (Fsp3) is 0.429. The van der Waals surface area contributed by atoms with E-state index in [1.165, 1.54) is 0 Å². The van der Waals surface area contributed by atoms with Crippen LogP contribution in [0.4, 0.5) is 4.79 Å². The number of nitrogens with zero attached hydrogens (tertiary/aromatic N) is 1. The number of carbonyl (C=O) groups is 1. The summed E-state index contributed by atoms with van der Waals surface area (Å²) in [5.41, 5.74) is 6.00. The first-order valence-corrected chi connectivity index (χ1v) is 6.31. The molecule has 0 saturated carbocycles. The average molecular weight is 263 g/mol. The van der Waals surface area contributed by atoms with Gasteiger partial charge in [0.2, 0.25) is 0 Å². The van der Waals surface area contributed by atoms with Gasteiger partial charge in [-0.15, -0.1) is 0 Å². The van der Waals surface area contributed by atoms with Crippen molar-refractivity contribution in [3.05, 3.63) is 30.1 Å². The molecule has 5 heteroatoms. The zero-order chi connectivity index (χ0) is 14.3. The molecule has 104 valence electrons. The van der Waals surface area contributed by atoms with E-state index in [2.05, 4.69) is 10.3 Å². The van der Waals surface area contributed by atoms with E-state index in [1.54, 1.807) is 12.4 Å². The SMILES string of the molecule is CC(C)Oc1cncc(/C=C/C[C@H](C)NC(N)=O)c1. The maximum atomic E-state index is 10.7. The van der Waals surface area contributed by atoms with Crippen molar-refractivity contribution in [1.29, 1.82) is 0 Å². The van der Waals surface area contributed by atoms with Gasteiger partial charge in [0.15, 0.2) is 0 Å². The Kier molecular flexibility index (Phi) is 5.85. The van der Waals surface area contributed by atoms with Gasteiger partial charge in [-0.05, 0) is 38.8 Å². The van der Waals surface area contributed by atoms with E-state index >= 15 is 0 Å². The van der Waals surface area contributed by atoms with Gasteiger partial charge in [0.05, 0.1) is 12.3 Å². The van der Waals surface area contributed by atoms with Crippen molar-refractivity contribution in [3.8, 4) is 5.75 Å². The number of hydrogen-bond donors (Lipinski definition) is 2. The molecule has 3 N–H and O–H groups in total. The third kappa shape index (κ3) is 6.45. The van der Waals surface area contributed by atoms with Crippen LogP contribution in [0.3, 0.4) is 0 Å². The number of amides is 2. The standard InChI is InChI=1S/C14H21N3O2/c1-10(2)19-13-7-12(8-16-9-13)6-4-5-11(3)17-14(15)18/h4,6-11H,5H2,1-3H3,(H3,15,17,18)/b6-4+/t11-/m0/s1. The highest BCUT2D eigenvalue weighted by Crippen LogP contribution is 2.14. The summed E-state index contributed by atoms with van der Waals surface area (Å²) in [6, 6.07) is 1.43. The predicted molar refractivity (Wildman–Crippen MR) is 75.8 cm³/mol. The zero-order valence-electron chi connectivity index (χ0n) is 11.6. The average Bonchev–Trinajstić information content (AvgIpc) is 2.27. The van der Waals surface area contributed by atoms with Crippen LogP contribution in [0.2, 0.25) is 0 Å². The minimum absolute atomic E-state index is 0.0109. The van der Waals surface area contributed by atoms with Gasteiger partial charge in [-0.3, -0.25) is 4.98 Å². The van der Waals surface area contributed by atoms with Gasteiger partial charge in [-0.1, -0.05) is 12.2 Å². The van der Waals surface area contributed by atoms with Gasteiger partial charge >= 0.3 is 6.03 Å². The molecule has 19 heavy (non-hydrogen) atoms. The Morgan fingerprint density at radius 2 is 2.21 bits per heavy atom. The molecule has 1 aromatic heterocycles. The van der Waals surface area contributed by atoms with Gasteiger partial charge < -0.3 is 15.8 Å². The normalized spacial score (nSPS) is 12.6. The number of primary amides is 1. The summed E-state index contributed by atoms with van der Waals surface area (Å²) in [6.07, 6.45) is 8.19. The van der Waals surface area contributed by atoms with Crippen LogP contribution < -0.4 is 15.8 Å². The second kappa shape index (κ2) is 7.41. The summed E-state index contributed by atoms with van der Waals surface area (Å²) < 4.78 is 5.56. The van der Waals surface area contributed by atoms with Gasteiger partial charge in [0, 0.05) is 12.2 Å². The molecule has 0 aromatic carbocycles. The van der Waals surface area contributed by atoms with Crippen molar-refractivity contribution in [2.24, 2.45) is 5.73 Å². The van der Waals surface area contributed by atoms with Crippen LogP contribution in [0.1, 0.15) is 32.8 Å². The number of pyridine rings is 1. The van der Waals surface area contributed by atoms with E-state index in [0.29, 0.717) is 6.42 Å². The molecule has 1 heterocycles. The highest BCUT2D eigenvalue weighted by atomic mass is 16.5. The number of hydrogen-bond acceptors (Lipinski definition) is 3. The Morgan fingerprint density at radius 1 is 1.47 bits per heavy atom. The number of ether oxygens (including phenoxy) is 1. The van der Waals surface area contributed by atoms with E-state index in [1.807, 2.05) is 39.0 Å². The Balaban J connectivity index is 2.54. The third-order valence-corrected chi connectivity index (χ3v) is 2.29. The molecule has 0 aliphatic heterocycles. The quantitative estimate of drug-likeness (QED) is 0.827. The third-order valence-electron chi connectivity index (χ3n) is 2.29. The minimum Gasteiger partial charge on any atom is -0.489 e. The summed E-state index contributed by atoms with van der Waals surface area (Å²) in [5.74, 6) is 0.750. The van der Waals surface area contributed by atoms with Crippen molar-refractivity contribution in [3.63, 3.8) is 0 Å². The Labute approximate surface area is 113 Å². The molecule has 2 amide bonds. The number of aromatic nitrogens is 1. The van der Waals surface area contributed by atoms with E-state index < -0.39 is 6.03 Å². The maximum Gasteiger partial charge on any atom is 0.312 e. The number of rotatable bonds is 6. The molecule has 0 aliphatic carbocycles. The lowest BCUT2D eigenvalue weighted by molar-refractivity contribution is 0.241. The first kappa shape index (κ1) is 15.0. The van der Waals surface area contributed by atoms with E-state index in [9.17, 15) is 4.79 Å². The maximum absolute atomic E-state index is 10.7. The van der Waals surface area contributed by atoms with Crippen LogP contribution in [-0.2, 0) is 0 Å². The minimum atomic E-state index is -0.505. The molecule has 0 unspecified atom stereocenters. The Hall–Kier alpha value is -2.04. The monoisotopic (exact) mass is 263 g/mol. The molecule has 0 spiro atoms. The van der Waals surface area contributed by atoms with Crippen LogP contribution in [0.15, 0.2) is 24.5 Å². The summed E-state index contributed by atoms with van der Waals surface area (Å²) in [4.78, 5) is 14.8. The molecule has 0 aliphatic rings. The molecule has 1 aromatic rings. The molecule has 1 rings (SSSR count). The van der Waals surface area contributed by atoms with Gasteiger partial charge in [0.25, 0.3) is 0 Å². The molecular weight excluding hydrogens is 242 g/mol. The molecule has 0 saturated heterocycles. The Bertz CT molecular complexity index is 444. The molecule has 5 nitrogen and oxygen atoms in total. The van der Waals surface area contributed by atoms with Gasteiger partial charge in [-0.25, -0.2) is 4.79 Å². The lowest BCUT2D eigenvalue weighted by Crippen LogP contribution is -2.36. The molecule has 0 radical (unpaired) electrons. The van der Waals surface area contributed by atoms with Crippen molar-refractivity contribution < 1.29 is 9.53 Å². The smallest absolute Gasteiger partial charge is 0.312 e. The lowest BCUT2D eigenvalue weighted by Gasteiger charge is -2.09. The van der Waals surface area contributed by atoms with Crippen LogP contribution in [0.5, 0.6) is 5.75 Å². The first-order valence-electron chi connectivity index (χ1n) is 6.31. The van der Waals surface area contributed by atoms with Crippen molar-refractivity contribution in [1.82, 2.24) is 10.3 Å². The van der Waals surface area contributed by atoms with Crippen LogP contribution >= 0.6 is 0 Å². The zero-order valence-corrected chi connectivity index (χ0v) is 11.6. The summed E-state index contributed by atoms with van der Waals surface area (Å²) in [7, 11) is 0. The van der Waals surface area contributed by atoms with Crippen LogP contribution in [0, 0.1) is 0 Å². The number of urea groups is 1. The highest BCUT2D eigenvalue weighted by molar-refractivity contribution is 5.71. The first-order chi connectivity index (χ1) is 8.97. The Morgan fingerprint density at radius 3 is 2.84 bits per heavy atom. The molecule has 1 atom stereocenters. The molecule has 0 fully saturated rings. The summed E-state index contributed by atoms with van der Waals surface area (Å²) in [6.45, 7) is 5.84. The topological polar surface area (TPSA) is 77.2 Å². The lowest BCUT2D eigenvalue weighted by atomic mass is 10.2. The van der Waals surface area contributed by atoms with Crippen LogP contribution in [0.25, 0.3) is 6.08 Å². The highest BCUT2D eigenvalue weighted by Gasteiger charge is 2.01. The number of nitrogens with one attached hydrogen (secondary N) is 1. The second-order valence-corrected chi connectivity index (χ2v) is 4.67. The van der Waals surface area contributed by atoms with E-state index in [0.717, 1.165) is 11.3 Å². The van der Waals surface area contributed by atoms with Crippen molar-refractivity contribution in [2.45, 2.75) is 39.3 Å². The fourth-order valence-electron chi connectivity index (χ4n) is 1.57. The van der Waals surface area contributed by atoms with E-state index in [-0.39, 0.29) is 12.1 Å². The summed E-state index contributed by atoms with van der Waals surface area (Å²) in [5, 5.41) is 2.61. The van der Waals surface area contributed by atoms with Crippen LogP contribution in [-0.4, -0.2) is 23.2 Å². The number of carbonyl (C=O) groups excluding carboxylic acids is 1. The second-order valence-electron chi connectivity index (χ2n) is 4.67. The predicted octanol–water partition coefficient (Wildman–Crippen LogP) is 2.33. The van der Waals surface area contributed by atoms with Crippen molar-refractivity contribution in [2.75, 3.05) is 0 Å². The largest absolute Gasteiger partial charge is 0.489 e. The molecular formula is C14H21N3O2. The summed E-state index contributed by atoms with van der Waals surface area (Å²) >= 11 is 0. The van der Waals surface area contributed by atoms with Gasteiger partial charge in [0.1, 0.15) is 5.75 Å². The van der Waals surface area contributed by atoms with E-state index in [4.69, 9.17) is 10.5 Å². The molecule has 0 bridgehead atoms. The van der Waals surface area contributed by atoms with Crippen molar-refractivity contribution >= 4 is 12.1 Å². The fourth-order valence-corrected chi connectivity index (χ4v) is 1.57. The van der Waals surface area contributed by atoms with Gasteiger partial charge in [-0.2, -0.15) is 0 Å².